The third-order valence-corrected chi connectivity index (χ3v) is 9.67. The van der Waals surface area contributed by atoms with Crippen molar-refractivity contribution in [1.29, 1.82) is 0 Å². The summed E-state index contributed by atoms with van der Waals surface area (Å²) in [7, 11) is -0.359. The zero-order valence-corrected chi connectivity index (χ0v) is 9.96. The minimum Gasteiger partial charge on any atom is -0.341 e. The van der Waals surface area contributed by atoms with Crippen molar-refractivity contribution in [3.63, 3.8) is 0 Å². The molecule has 11 heavy (non-hydrogen) atoms. The molecule has 0 aromatic carbocycles. The third-order valence-electron chi connectivity index (χ3n) is 1.25. The van der Waals surface area contributed by atoms with E-state index in [1.165, 1.54) is 0 Å². The van der Waals surface area contributed by atoms with Crippen molar-refractivity contribution in [2.75, 3.05) is 0 Å². The molecule has 0 saturated carbocycles. The summed E-state index contributed by atoms with van der Waals surface area (Å²) >= 11 is 3.86. The van der Waals surface area contributed by atoms with Gasteiger partial charge in [-0.2, -0.15) is 0 Å². The Balaban J connectivity index is 4.91. The molecule has 0 aliphatic heterocycles. The highest BCUT2D eigenvalue weighted by Crippen LogP contribution is 2.49. The SMILES string of the molecule is CC(C)S(C(C)C)=P(O)(O)S. The van der Waals surface area contributed by atoms with E-state index in [4.69, 9.17) is 0 Å². The molecule has 0 aromatic heterocycles. The van der Waals surface area contributed by atoms with Crippen LogP contribution in [0.5, 0.6) is 0 Å². The van der Waals surface area contributed by atoms with Gasteiger partial charge in [-0.05, 0) is 10.5 Å². The highest BCUT2D eigenvalue weighted by molar-refractivity contribution is 8.66. The van der Waals surface area contributed by atoms with E-state index in [0.717, 1.165) is 0 Å². The lowest BCUT2D eigenvalue weighted by Gasteiger charge is -2.22. The van der Waals surface area contributed by atoms with Crippen LogP contribution in [0.1, 0.15) is 27.7 Å². The van der Waals surface area contributed by atoms with E-state index in [0.29, 0.717) is 10.5 Å². The van der Waals surface area contributed by atoms with Gasteiger partial charge in [0.2, 0.25) is 0 Å². The van der Waals surface area contributed by atoms with E-state index in [-0.39, 0.29) is 10.1 Å². The van der Waals surface area contributed by atoms with Gasteiger partial charge in [0.15, 0.2) is 5.69 Å². The van der Waals surface area contributed by atoms with Crippen LogP contribution >= 0.6 is 17.9 Å². The maximum absolute atomic E-state index is 9.36. The minimum absolute atomic E-state index is 0.302. The zero-order valence-electron chi connectivity index (χ0n) is 7.35. The van der Waals surface area contributed by atoms with Crippen LogP contribution in [0.25, 0.3) is 0 Å². The molecule has 5 heteroatoms. The van der Waals surface area contributed by atoms with Gasteiger partial charge in [0.05, 0.1) is 0 Å². The van der Waals surface area contributed by atoms with Crippen LogP contribution in [0.15, 0.2) is 0 Å². The van der Waals surface area contributed by atoms with Crippen molar-refractivity contribution in [3.05, 3.63) is 0 Å². The lowest BCUT2D eigenvalue weighted by Crippen LogP contribution is -2.16. The van der Waals surface area contributed by atoms with Gasteiger partial charge in [0, 0.05) is 0 Å². The first-order valence-electron chi connectivity index (χ1n) is 3.56. The molecule has 0 rings (SSSR count). The Morgan fingerprint density at radius 1 is 1.09 bits per heavy atom. The third kappa shape index (κ3) is 4.00. The van der Waals surface area contributed by atoms with Crippen molar-refractivity contribution in [3.8, 4) is 0 Å². The molecule has 0 atom stereocenters. The Labute approximate surface area is 76.3 Å². The fourth-order valence-electron chi connectivity index (χ4n) is 1.11. The van der Waals surface area contributed by atoms with Crippen LogP contribution in [-0.2, 0) is 10.1 Å². The van der Waals surface area contributed by atoms with E-state index in [1.54, 1.807) is 0 Å². The molecule has 0 spiro atoms. The van der Waals surface area contributed by atoms with Crippen LogP contribution in [0.2, 0.25) is 0 Å². The predicted molar refractivity (Wildman–Crippen MR) is 58.0 cm³/mol. The monoisotopic (exact) mass is 216 g/mol. The predicted octanol–water partition coefficient (Wildman–Crippen LogP) is 2.01. The van der Waals surface area contributed by atoms with Crippen LogP contribution in [0, 0.1) is 0 Å². The number of rotatable bonds is 2. The normalized spacial score (nSPS) is 13.6. The molecule has 0 saturated heterocycles. The fraction of sp³-hybridized carbons (Fsp3) is 1.00. The molecule has 0 heterocycles. The van der Waals surface area contributed by atoms with Crippen LogP contribution < -0.4 is 0 Å². The molecule has 0 aliphatic carbocycles. The van der Waals surface area contributed by atoms with Gasteiger partial charge in [-0.3, -0.25) is 0 Å². The highest BCUT2D eigenvalue weighted by atomic mass is 32.9. The van der Waals surface area contributed by atoms with Crippen LogP contribution in [-0.4, -0.2) is 20.3 Å². The Morgan fingerprint density at radius 3 is 1.36 bits per heavy atom. The average Bonchev–Trinajstić information content (AvgIpc) is 1.54. The van der Waals surface area contributed by atoms with Gasteiger partial charge in [-0.25, -0.2) is 0 Å². The summed E-state index contributed by atoms with van der Waals surface area (Å²) in [6.45, 7) is 8.00. The maximum Gasteiger partial charge on any atom is 0.199 e. The number of thiol groups is 1. The Morgan fingerprint density at radius 2 is 1.36 bits per heavy atom. The van der Waals surface area contributed by atoms with Crippen molar-refractivity contribution >= 4 is 28.0 Å². The topological polar surface area (TPSA) is 40.5 Å². The van der Waals surface area contributed by atoms with E-state index in [1.807, 2.05) is 27.7 Å². The standard InChI is InChI=1S/C6H17O2PS2/c1-5(2)11(6(3)4)9(7,8)10/h5-8,10H,1-4H3. The van der Waals surface area contributed by atoms with Crippen LogP contribution in [0.4, 0.5) is 0 Å². The van der Waals surface area contributed by atoms with E-state index in [2.05, 4.69) is 12.2 Å². The Hall–Kier alpha value is 1.05. The molecule has 0 unspecified atom stereocenters. The van der Waals surface area contributed by atoms with E-state index >= 15 is 0 Å². The molecule has 70 valence electrons. The summed E-state index contributed by atoms with van der Waals surface area (Å²) < 4.78 is 0. The van der Waals surface area contributed by atoms with E-state index in [9.17, 15) is 9.79 Å². The second-order valence-corrected chi connectivity index (χ2v) is 11.8. The zero-order chi connectivity index (χ0) is 9.23. The van der Waals surface area contributed by atoms with Gasteiger partial charge < -0.3 is 9.79 Å². The van der Waals surface area contributed by atoms with Gasteiger partial charge >= 0.3 is 0 Å². The van der Waals surface area contributed by atoms with Crippen LogP contribution in [0.3, 0.4) is 0 Å². The molecule has 0 aromatic rings. The lowest BCUT2D eigenvalue weighted by atomic mass is 10.6. The molecule has 2 nitrogen and oxygen atoms in total. The fourth-order valence-corrected chi connectivity index (χ4v) is 10.1. The van der Waals surface area contributed by atoms with Gasteiger partial charge in [-0.1, -0.05) is 39.9 Å². The second kappa shape index (κ2) is 4.33. The van der Waals surface area contributed by atoms with Gasteiger partial charge in [-0.15, -0.1) is 10.1 Å². The van der Waals surface area contributed by atoms with E-state index < -0.39 is 5.69 Å². The minimum atomic E-state index is -2.92. The van der Waals surface area contributed by atoms with Crippen molar-refractivity contribution < 1.29 is 9.79 Å². The summed E-state index contributed by atoms with van der Waals surface area (Å²) in [4.78, 5) is 18.7. The van der Waals surface area contributed by atoms with Gasteiger partial charge in [0.1, 0.15) is 0 Å². The molecular formula is C6H17O2PS2. The number of hydrogen-bond donors (Lipinski definition) is 3. The Bertz CT molecular complexity index is 165. The second-order valence-electron chi connectivity index (χ2n) is 2.96. The summed E-state index contributed by atoms with van der Waals surface area (Å²) in [6.07, 6.45) is 0. The molecule has 2 N–H and O–H groups in total. The van der Waals surface area contributed by atoms with Crippen molar-refractivity contribution in [2.45, 2.75) is 38.2 Å². The molecule has 0 bridgehead atoms. The van der Waals surface area contributed by atoms with Crippen molar-refractivity contribution in [1.82, 2.24) is 0 Å². The van der Waals surface area contributed by atoms with Crippen molar-refractivity contribution in [2.24, 2.45) is 0 Å². The first kappa shape index (κ1) is 12.0. The largest absolute Gasteiger partial charge is 0.341 e. The maximum atomic E-state index is 9.36. The first-order chi connectivity index (χ1) is 4.76. The highest BCUT2D eigenvalue weighted by Gasteiger charge is 2.17. The quantitative estimate of drug-likeness (QED) is 0.488. The molecule has 0 aliphatic rings. The molecule has 0 fully saturated rings. The smallest absolute Gasteiger partial charge is 0.199 e. The average molecular weight is 216 g/mol. The number of hydrogen-bond acceptors (Lipinski definition) is 0. The Kier molecular flexibility index (Phi) is 4.75. The molecular weight excluding hydrogens is 199 g/mol. The summed E-state index contributed by atoms with van der Waals surface area (Å²) in [6, 6.07) is 0. The first-order valence-corrected chi connectivity index (χ1v) is 8.37. The summed E-state index contributed by atoms with van der Waals surface area (Å²) in [5.41, 5.74) is -2.92. The lowest BCUT2D eigenvalue weighted by molar-refractivity contribution is 0.501. The summed E-state index contributed by atoms with van der Waals surface area (Å²) in [5, 5.41) is 0.603. The van der Waals surface area contributed by atoms with Gasteiger partial charge in [0.25, 0.3) is 0 Å². The molecule has 0 amide bonds. The summed E-state index contributed by atoms with van der Waals surface area (Å²) in [5.74, 6) is 0. The molecule has 0 radical (unpaired) electrons.